The third kappa shape index (κ3) is 3.88. The molecule has 158 valence electrons. The molecule has 1 heterocycles. The minimum Gasteiger partial charge on any atom is -0.340 e. The standard InChI is InChI=1S/C27H23N3O2/c1-4-25(31)28-19-12-14-21-22-15-13-20(29-26(32)5-2)17-24(22)30(6-3)27(23(21)16-19)18-10-8-7-9-11-18/h4-5,7-17H,1-2,6H2,3H3,(H,28,31). The maximum Gasteiger partial charge on any atom is 0.269 e. The van der Waals surface area contributed by atoms with Crippen molar-refractivity contribution < 1.29 is 9.59 Å². The third-order valence-electron chi connectivity index (χ3n) is 5.34. The van der Waals surface area contributed by atoms with Gasteiger partial charge in [0.15, 0.2) is 0 Å². The van der Waals surface area contributed by atoms with E-state index in [-0.39, 0.29) is 11.8 Å². The number of benzene rings is 3. The summed E-state index contributed by atoms with van der Waals surface area (Å²) in [7, 11) is 0. The lowest BCUT2D eigenvalue weighted by Crippen LogP contribution is -2.13. The van der Waals surface area contributed by atoms with Gasteiger partial charge in [0.25, 0.3) is 5.91 Å². The second-order valence-corrected chi connectivity index (χ2v) is 7.27. The first-order valence-electron chi connectivity index (χ1n) is 10.4. The summed E-state index contributed by atoms with van der Waals surface area (Å²) >= 11 is 0. The van der Waals surface area contributed by atoms with Crippen LogP contribution in [0.4, 0.5) is 5.69 Å². The molecule has 0 atom stereocenters. The van der Waals surface area contributed by atoms with Crippen LogP contribution in [0.25, 0.3) is 33.3 Å². The van der Waals surface area contributed by atoms with Crippen molar-refractivity contribution in [2.75, 3.05) is 5.32 Å². The van der Waals surface area contributed by atoms with Crippen molar-refractivity contribution in [3.8, 4) is 22.5 Å². The molecule has 1 aliphatic carbocycles. The van der Waals surface area contributed by atoms with Gasteiger partial charge in [0, 0.05) is 23.2 Å². The number of carbonyl (C=O) groups excluding carboxylic acids is 2. The molecule has 0 spiro atoms. The Morgan fingerprint density at radius 2 is 1.75 bits per heavy atom. The summed E-state index contributed by atoms with van der Waals surface area (Å²) in [5.41, 5.74) is 4.79. The smallest absolute Gasteiger partial charge is 0.269 e. The fraction of sp³-hybridized carbons (Fsp3) is 0.0741. The highest BCUT2D eigenvalue weighted by atomic mass is 16.1. The van der Waals surface area contributed by atoms with E-state index in [1.807, 2.05) is 54.6 Å². The lowest BCUT2D eigenvalue weighted by atomic mass is 9.95. The quantitative estimate of drug-likeness (QED) is 0.357. The van der Waals surface area contributed by atoms with Gasteiger partial charge in [0.05, 0.1) is 16.7 Å². The highest BCUT2D eigenvalue weighted by Gasteiger charge is 2.18. The zero-order chi connectivity index (χ0) is 22.7. The zero-order valence-corrected chi connectivity index (χ0v) is 17.8. The largest absolute Gasteiger partial charge is 0.340 e. The molecule has 5 nitrogen and oxygen atoms in total. The Morgan fingerprint density at radius 1 is 0.969 bits per heavy atom. The molecule has 4 rings (SSSR count). The van der Waals surface area contributed by atoms with Crippen LogP contribution < -0.4 is 10.7 Å². The Labute approximate surface area is 186 Å². The van der Waals surface area contributed by atoms with Gasteiger partial charge in [-0.3, -0.25) is 9.59 Å². The van der Waals surface area contributed by atoms with Crippen LogP contribution in [0.3, 0.4) is 0 Å². The van der Waals surface area contributed by atoms with Gasteiger partial charge in [-0.25, -0.2) is 4.99 Å². The third-order valence-corrected chi connectivity index (χ3v) is 5.34. The summed E-state index contributed by atoms with van der Waals surface area (Å²) in [6.45, 7) is 9.82. The predicted molar refractivity (Wildman–Crippen MR) is 129 cm³/mol. The van der Waals surface area contributed by atoms with Crippen molar-refractivity contribution in [2.45, 2.75) is 13.5 Å². The van der Waals surface area contributed by atoms with Gasteiger partial charge in [-0.15, -0.1) is 0 Å². The Balaban J connectivity index is 2.12. The van der Waals surface area contributed by atoms with Crippen molar-refractivity contribution in [1.82, 2.24) is 4.57 Å². The summed E-state index contributed by atoms with van der Waals surface area (Å²) in [6, 6.07) is 21.7. The number of pyridine rings is 1. The number of anilines is 1. The number of aromatic nitrogens is 1. The molecule has 0 saturated heterocycles. The summed E-state index contributed by atoms with van der Waals surface area (Å²) in [5.74, 6) is -0.632. The second-order valence-electron chi connectivity index (χ2n) is 7.27. The van der Waals surface area contributed by atoms with E-state index in [4.69, 9.17) is 0 Å². The van der Waals surface area contributed by atoms with E-state index in [1.165, 1.54) is 12.2 Å². The first kappa shape index (κ1) is 21.0. The molecule has 0 fully saturated rings. The van der Waals surface area contributed by atoms with Gasteiger partial charge in [-0.05, 0) is 54.3 Å². The van der Waals surface area contributed by atoms with Crippen LogP contribution in [0.5, 0.6) is 0 Å². The van der Waals surface area contributed by atoms with E-state index in [0.717, 1.165) is 33.3 Å². The first-order chi connectivity index (χ1) is 15.5. The van der Waals surface area contributed by atoms with Gasteiger partial charge in [0.2, 0.25) is 5.91 Å². The predicted octanol–water partition coefficient (Wildman–Crippen LogP) is 5.17. The maximum absolute atomic E-state index is 11.9. The summed E-state index contributed by atoms with van der Waals surface area (Å²) in [6.07, 6.45) is 2.46. The van der Waals surface area contributed by atoms with Crippen LogP contribution >= 0.6 is 0 Å². The summed E-state index contributed by atoms with van der Waals surface area (Å²) in [5, 5.41) is 5.49. The van der Waals surface area contributed by atoms with Gasteiger partial charge < -0.3 is 9.88 Å². The molecule has 32 heavy (non-hydrogen) atoms. The van der Waals surface area contributed by atoms with Gasteiger partial charge >= 0.3 is 0 Å². The molecule has 2 amide bonds. The topological polar surface area (TPSA) is 63.5 Å². The molecule has 0 saturated carbocycles. The summed E-state index contributed by atoms with van der Waals surface area (Å²) in [4.78, 5) is 27.8. The number of nitrogens with one attached hydrogen (secondary N) is 1. The minimum atomic E-state index is -0.376. The number of fused-ring (bicyclic) bond motifs is 3. The van der Waals surface area contributed by atoms with Crippen molar-refractivity contribution in [3.05, 3.63) is 97.4 Å². The maximum atomic E-state index is 11.9. The molecule has 2 aromatic rings. The van der Waals surface area contributed by atoms with Crippen LogP contribution in [-0.2, 0) is 16.1 Å². The highest BCUT2D eigenvalue weighted by Crippen LogP contribution is 2.39. The molecule has 1 aliphatic heterocycles. The van der Waals surface area contributed by atoms with Gasteiger partial charge in [-0.2, -0.15) is 0 Å². The van der Waals surface area contributed by atoms with Crippen LogP contribution in [0.1, 0.15) is 6.92 Å². The number of nitrogens with zero attached hydrogens (tertiary/aromatic N) is 2. The van der Waals surface area contributed by atoms with E-state index in [9.17, 15) is 9.59 Å². The lowest BCUT2D eigenvalue weighted by molar-refractivity contribution is -0.114. The molecular formula is C27H23N3O2. The molecule has 2 aliphatic rings. The van der Waals surface area contributed by atoms with Gasteiger partial charge in [0.1, 0.15) is 0 Å². The molecule has 0 bridgehead atoms. The molecule has 5 heteroatoms. The number of carbonyl (C=O) groups is 2. The van der Waals surface area contributed by atoms with Crippen LogP contribution in [0.15, 0.2) is 97.0 Å². The molecule has 0 unspecified atom stereocenters. The molecule has 0 aromatic heterocycles. The highest BCUT2D eigenvalue weighted by molar-refractivity contribution is 6.07. The monoisotopic (exact) mass is 421 g/mol. The Kier molecular flexibility index (Phi) is 5.81. The van der Waals surface area contributed by atoms with Gasteiger partial charge in [-0.1, -0.05) is 55.6 Å². The van der Waals surface area contributed by atoms with Crippen LogP contribution in [-0.4, -0.2) is 16.4 Å². The second kappa shape index (κ2) is 8.86. The average Bonchev–Trinajstić information content (AvgIpc) is 2.83. The normalized spacial score (nSPS) is 11.5. The SMILES string of the molecule is C=CC(=O)N=c1ccc2c3ccc(NC(=O)C=C)cc3c(-c3ccccc3)n(CC)c-2c1. The molecular weight excluding hydrogens is 398 g/mol. The lowest BCUT2D eigenvalue weighted by Gasteiger charge is -2.24. The van der Waals surface area contributed by atoms with E-state index < -0.39 is 0 Å². The molecule has 0 radical (unpaired) electrons. The number of hydrogen-bond donors (Lipinski definition) is 1. The van der Waals surface area contributed by atoms with Crippen molar-refractivity contribution in [2.24, 2.45) is 4.99 Å². The summed E-state index contributed by atoms with van der Waals surface area (Å²) < 4.78 is 2.21. The van der Waals surface area contributed by atoms with Crippen LogP contribution in [0, 0.1) is 0 Å². The number of hydrogen-bond acceptors (Lipinski definition) is 2. The van der Waals surface area contributed by atoms with E-state index in [1.54, 1.807) is 0 Å². The first-order valence-corrected chi connectivity index (χ1v) is 10.4. The zero-order valence-electron chi connectivity index (χ0n) is 17.8. The average molecular weight is 422 g/mol. The van der Waals surface area contributed by atoms with Crippen molar-refractivity contribution in [1.29, 1.82) is 0 Å². The van der Waals surface area contributed by atoms with E-state index >= 15 is 0 Å². The van der Waals surface area contributed by atoms with Crippen molar-refractivity contribution in [3.63, 3.8) is 0 Å². The Bertz CT molecular complexity index is 1400. The Hall–Kier alpha value is -4.25. The Morgan fingerprint density at radius 3 is 2.44 bits per heavy atom. The van der Waals surface area contributed by atoms with Crippen molar-refractivity contribution >= 4 is 28.3 Å². The fourth-order valence-electron chi connectivity index (χ4n) is 3.96. The molecule has 2 aromatic carbocycles. The number of amides is 2. The molecule has 1 N–H and O–H groups in total. The van der Waals surface area contributed by atoms with E-state index in [2.05, 4.69) is 47.1 Å². The fourth-order valence-corrected chi connectivity index (χ4v) is 3.96. The van der Waals surface area contributed by atoms with Crippen LogP contribution in [0.2, 0.25) is 0 Å². The van der Waals surface area contributed by atoms with E-state index in [0.29, 0.717) is 17.6 Å². The minimum absolute atomic E-state index is 0.257. The number of rotatable bonds is 5.